The number of carbonyl (C=O) groups is 1. The van der Waals surface area contributed by atoms with Gasteiger partial charge in [-0.15, -0.1) is 11.3 Å². The summed E-state index contributed by atoms with van der Waals surface area (Å²) in [5.74, 6) is -0.257. The molecule has 3 heterocycles. The van der Waals surface area contributed by atoms with Gasteiger partial charge >= 0.3 is 5.97 Å². The summed E-state index contributed by atoms with van der Waals surface area (Å²) in [5.41, 5.74) is 1.01. The number of carbonyl (C=O) groups excluding carboxylic acids is 1. The van der Waals surface area contributed by atoms with Crippen molar-refractivity contribution in [3.05, 3.63) is 10.4 Å². The maximum Gasteiger partial charge on any atom is 0.348 e. The van der Waals surface area contributed by atoms with Crippen molar-refractivity contribution in [1.29, 1.82) is 0 Å². The summed E-state index contributed by atoms with van der Waals surface area (Å²) in [7, 11) is 1.42. The Kier molecular flexibility index (Phi) is 3.45. The molecule has 0 N–H and O–H groups in total. The van der Waals surface area contributed by atoms with Gasteiger partial charge in [0.05, 0.1) is 11.8 Å². The predicted molar refractivity (Wildman–Crippen MR) is 79.6 cm³/mol. The van der Waals surface area contributed by atoms with Gasteiger partial charge in [-0.25, -0.2) is 9.78 Å². The molecule has 6 heteroatoms. The Bertz CT molecular complexity index is 611. The zero-order valence-corrected chi connectivity index (χ0v) is 12.7. The molecule has 19 heavy (non-hydrogen) atoms. The second kappa shape index (κ2) is 5.09. The monoisotopic (exact) mass is 296 g/mol. The van der Waals surface area contributed by atoms with E-state index in [1.807, 2.05) is 6.92 Å². The molecule has 0 spiro atoms. The molecule has 0 aliphatic carbocycles. The normalized spacial score (nSPS) is 16.0. The lowest BCUT2D eigenvalue weighted by atomic mass is 10.1. The molecule has 0 unspecified atom stereocenters. The molecule has 0 radical (unpaired) electrons. The van der Waals surface area contributed by atoms with Gasteiger partial charge in [-0.05, 0) is 31.7 Å². The van der Waals surface area contributed by atoms with Crippen LogP contribution in [0.2, 0.25) is 0 Å². The number of fused-ring (bicyclic) bond motifs is 1. The smallest absolute Gasteiger partial charge is 0.348 e. The lowest BCUT2D eigenvalue weighted by Crippen LogP contribution is -2.29. The molecular weight excluding hydrogens is 280 g/mol. The number of aromatic nitrogens is 1. The van der Waals surface area contributed by atoms with Gasteiger partial charge in [0, 0.05) is 13.1 Å². The summed E-state index contributed by atoms with van der Waals surface area (Å²) >= 11 is 3.14. The molecule has 1 saturated heterocycles. The quantitative estimate of drug-likeness (QED) is 0.796. The van der Waals surface area contributed by atoms with Crippen molar-refractivity contribution in [2.75, 3.05) is 25.1 Å². The number of ether oxygens (including phenoxy) is 1. The van der Waals surface area contributed by atoms with E-state index < -0.39 is 0 Å². The highest BCUT2D eigenvalue weighted by Crippen LogP contribution is 2.39. The van der Waals surface area contributed by atoms with E-state index in [1.165, 1.54) is 37.7 Å². The zero-order chi connectivity index (χ0) is 13.4. The molecule has 0 saturated carbocycles. The summed E-state index contributed by atoms with van der Waals surface area (Å²) in [4.78, 5) is 20.3. The van der Waals surface area contributed by atoms with Crippen molar-refractivity contribution in [3.63, 3.8) is 0 Å². The topological polar surface area (TPSA) is 42.4 Å². The third-order valence-corrected chi connectivity index (χ3v) is 5.99. The second-order valence-electron chi connectivity index (χ2n) is 4.73. The molecule has 102 valence electrons. The van der Waals surface area contributed by atoms with Crippen LogP contribution >= 0.6 is 22.7 Å². The molecule has 1 fully saturated rings. The van der Waals surface area contributed by atoms with E-state index in [0.29, 0.717) is 4.88 Å². The van der Waals surface area contributed by atoms with Crippen LogP contribution in [0.5, 0.6) is 0 Å². The first-order valence-electron chi connectivity index (χ1n) is 6.44. The Labute approximate surface area is 120 Å². The predicted octanol–water partition coefficient (Wildman–Crippen LogP) is 3.44. The highest BCUT2D eigenvalue weighted by molar-refractivity contribution is 7.30. The molecule has 4 nitrogen and oxygen atoms in total. The molecule has 0 bridgehead atoms. The summed E-state index contributed by atoms with van der Waals surface area (Å²) < 4.78 is 5.93. The van der Waals surface area contributed by atoms with Crippen LogP contribution in [0, 0.1) is 6.92 Å². The number of thiophene rings is 1. The standard InChI is InChI=1S/C13H16N2O2S2/c1-8-9-11(18-10(8)12(16)17-2)14-13(19-9)15-6-4-3-5-7-15/h3-7H2,1-2H3. The molecule has 0 atom stereocenters. The third-order valence-electron chi connectivity index (χ3n) is 3.46. The summed E-state index contributed by atoms with van der Waals surface area (Å²) in [6.07, 6.45) is 3.82. The molecule has 3 rings (SSSR count). The van der Waals surface area contributed by atoms with Gasteiger partial charge < -0.3 is 9.64 Å². The number of esters is 1. The van der Waals surface area contributed by atoms with Crippen molar-refractivity contribution < 1.29 is 9.53 Å². The van der Waals surface area contributed by atoms with Crippen LogP contribution < -0.4 is 4.90 Å². The molecule has 0 amide bonds. The van der Waals surface area contributed by atoms with Crippen molar-refractivity contribution in [2.24, 2.45) is 0 Å². The lowest BCUT2D eigenvalue weighted by Gasteiger charge is -2.25. The first kappa shape index (κ1) is 12.9. The third kappa shape index (κ3) is 2.23. The Morgan fingerprint density at radius 1 is 1.26 bits per heavy atom. The number of anilines is 1. The van der Waals surface area contributed by atoms with Crippen molar-refractivity contribution in [2.45, 2.75) is 26.2 Å². The number of piperidine rings is 1. The van der Waals surface area contributed by atoms with Gasteiger partial charge in [-0.3, -0.25) is 0 Å². The minimum atomic E-state index is -0.257. The summed E-state index contributed by atoms with van der Waals surface area (Å²) in [6, 6.07) is 0. The van der Waals surface area contributed by atoms with Crippen LogP contribution in [0.3, 0.4) is 0 Å². The number of thiazole rings is 1. The zero-order valence-electron chi connectivity index (χ0n) is 11.1. The lowest BCUT2D eigenvalue weighted by molar-refractivity contribution is 0.0605. The summed E-state index contributed by atoms with van der Waals surface area (Å²) in [6.45, 7) is 4.18. The van der Waals surface area contributed by atoms with Crippen LogP contribution in [0.1, 0.15) is 34.5 Å². The highest BCUT2D eigenvalue weighted by atomic mass is 32.1. The van der Waals surface area contributed by atoms with Crippen molar-refractivity contribution in [3.8, 4) is 0 Å². The van der Waals surface area contributed by atoms with E-state index in [1.54, 1.807) is 11.3 Å². The molecule has 1 aliphatic heterocycles. The van der Waals surface area contributed by atoms with Gasteiger partial charge in [0.2, 0.25) is 0 Å². The van der Waals surface area contributed by atoms with Crippen LogP contribution in [-0.4, -0.2) is 31.2 Å². The van der Waals surface area contributed by atoms with E-state index in [2.05, 4.69) is 9.88 Å². The van der Waals surface area contributed by atoms with Crippen LogP contribution in [0.15, 0.2) is 0 Å². The first-order valence-corrected chi connectivity index (χ1v) is 8.07. The Morgan fingerprint density at radius 2 is 2.00 bits per heavy atom. The fourth-order valence-electron chi connectivity index (χ4n) is 2.39. The molecule has 1 aliphatic rings. The van der Waals surface area contributed by atoms with Crippen LogP contribution in [0.4, 0.5) is 5.13 Å². The molecule has 2 aromatic heterocycles. The number of hydrogen-bond acceptors (Lipinski definition) is 6. The fourth-order valence-corrected chi connectivity index (χ4v) is 4.77. The Hall–Kier alpha value is -1.14. The van der Waals surface area contributed by atoms with E-state index in [-0.39, 0.29) is 5.97 Å². The Balaban J connectivity index is 1.96. The Morgan fingerprint density at radius 3 is 2.63 bits per heavy atom. The average Bonchev–Trinajstić information content (AvgIpc) is 2.99. The van der Waals surface area contributed by atoms with Crippen LogP contribution in [-0.2, 0) is 4.74 Å². The molecule has 2 aromatic rings. The van der Waals surface area contributed by atoms with Gasteiger partial charge in [-0.2, -0.15) is 0 Å². The van der Waals surface area contributed by atoms with Gasteiger partial charge in [-0.1, -0.05) is 11.3 Å². The number of rotatable bonds is 2. The maximum absolute atomic E-state index is 11.6. The number of nitrogens with zero attached hydrogens (tertiary/aromatic N) is 2. The number of hydrogen-bond donors (Lipinski definition) is 0. The van der Waals surface area contributed by atoms with Crippen molar-refractivity contribution >= 4 is 43.3 Å². The van der Waals surface area contributed by atoms with E-state index >= 15 is 0 Å². The average molecular weight is 296 g/mol. The SMILES string of the molecule is COC(=O)c1sc2nc(N3CCCCC3)sc2c1C. The number of aryl methyl sites for hydroxylation is 1. The number of methoxy groups -OCH3 is 1. The molecular formula is C13H16N2O2S2. The minimum absolute atomic E-state index is 0.257. The van der Waals surface area contributed by atoms with Gasteiger partial charge in [0.15, 0.2) is 5.13 Å². The van der Waals surface area contributed by atoms with E-state index in [9.17, 15) is 4.79 Å². The second-order valence-corrected chi connectivity index (χ2v) is 6.70. The van der Waals surface area contributed by atoms with Crippen LogP contribution in [0.25, 0.3) is 9.53 Å². The van der Waals surface area contributed by atoms with E-state index in [4.69, 9.17) is 4.74 Å². The summed E-state index contributed by atoms with van der Waals surface area (Å²) in [5, 5.41) is 1.10. The largest absolute Gasteiger partial charge is 0.465 e. The van der Waals surface area contributed by atoms with Gasteiger partial charge in [0.25, 0.3) is 0 Å². The van der Waals surface area contributed by atoms with Crippen molar-refractivity contribution in [1.82, 2.24) is 4.98 Å². The molecule has 0 aromatic carbocycles. The highest BCUT2D eigenvalue weighted by Gasteiger charge is 2.21. The minimum Gasteiger partial charge on any atom is -0.465 e. The van der Waals surface area contributed by atoms with E-state index in [0.717, 1.165) is 33.3 Å². The fraction of sp³-hybridized carbons (Fsp3) is 0.538. The first-order chi connectivity index (χ1) is 9.20. The van der Waals surface area contributed by atoms with Gasteiger partial charge in [0.1, 0.15) is 9.71 Å². The maximum atomic E-state index is 11.6.